The number of hydrogen-bond acceptors (Lipinski definition) is 5. The molecular formula is C20H26N2O2S. The van der Waals surface area contributed by atoms with Crippen molar-refractivity contribution in [3.63, 3.8) is 0 Å². The van der Waals surface area contributed by atoms with Crippen LogP contribution in [0.3, 0.4) is 0 Å². The summed E-state index contributed by atoms with van der Waals surface area (Å²) in [7, 11) is 0. The third-order valence-electron chi connectivity index (χ3n) is 4.59. The van der Waals surface area contributed by atoms with Crippen molar-refractivity contribution in [3.05, 3.63) is 34.3 Å². The van der Waals surface area contributed by atoms with E-state index in [9.17, 15) is 4.79 Å². The van der Waals surface area contributed by atoms with Crippen LogP contribution in [-0.2, 0) is 9.53 Å². The third-order valence-corrected chi connectivity index (χ3v) is 5.66. The van der Waals surface area contributed by atoms with E-state index in [0.717, 1.165) is 27.3 Å². The highest BCUT2D eigenvalue weighted by Gasteiger charge is 2.36. The van der Waals surface area contributed by atoms with Crippen LogP contribution in [0.15, 0.2) is 18.2 Å². The van der Waals surface area contributed by atoms with Gasteiger partial charge in [-0.15, -0.1) is 11.3 Å². The lowest BCUT2D eigenvalue weighted by atomic mass is 9.89. The number of hydrogen-bond donors (Lipinski definition) is 1. The average Bonchev–Trinajstić information content (AvgIpc) is 2.93. The smallest absolute Gasteiger partial charge is 0.315 e. The Morgan fingerprint density at radius 2 is 2.04 bits per heavy atom. The lowest BCUT2D eigenvalue weighted by Crippen LogP contribution is -2.44. The molecule has 0 aliphatic carbocycles. The maximum absolute atomic E-state index is 12.8. The van der Waals surface area contributed by atoms with Crippen LogP contribution in [0.25, 0.3) is 15.8 Å². The van der Waals surface area contributed by atoms with Gasteiger partial charge in [0.25, 0.3) is 0 Å². The van der Waals surface area contributed by atoms with Crippen LogP contribution >= 0.6 is 11.3 Å². The molecule has 0 saturated carbocycles. The number of esters is 1. The fourth-order valence-corrected chi connectivity index (χ4v) is 4.24. The van der Waals surface area contributed by atoms with Crippen LogP contribution in [0.1, 0.15) is 43.8 Å². The van der Waals surface area contributed by atoms with Gasteiger partial charge >= 0.3 is 5.97 Å². The number of benzene rings is 1. The molecule has 2 atom stereocenters. The van der Waals surface area contributed by atoms with Crippen LogP contribution in [0, 0.1) is 19.8 Å². The number of fused-ring (bicyclic) bond motifs is 1. The number of aromatic nitrogens is 1. The molecule has 0 saturated heterocycles. The molecule has 1 N–H and O–H groups in total. The summed E-state index contributed by atoms with van der Waals surface area (Å²) in [6.45, 7) is 12.7. The van der Waals surface area contributed by atoms with Gasteiger partial charge in [-0.25, -0.2) is 4.98 Å². The molecule has 3 rings (SSSR count). The Kier molecular flexibility index (Phi) is 4.73. The van der Waals surface area contributed by atoms with E-state index in [2.05, 4.69) is 37.4 Å². The summed E-state index contributed by atoms with van der Waals surface area (Å²) >= 11 is 1.65. The van der Waals surface area contributed by atoms with Crippen LogP contribution in [0.4, 0.5) is 0 Å². The highest BCUT2D eigenvalue weighted by Crippen LogP contribution is 2.36. The molecule has 25 heavy (non-hydrogen) atoms. The first kappa shape index (κ1) is 18.1. The van der Waals surface area contributed by atoms with E-state index in [0.29, 0.717) is 0 Å². The maximum atomic E-state index is 12.8. The minimum Gasteiger partial charge on any atom is -0.459 e. The van der Waals surface area contributed by atoms with Crippen LogP contribution in [0.2, 0.25) is 0 Å². The predicted octanol–water partition coefficient (Wildman–Crippen LogP) is 4.25. The Morgan fingerprint density at radius 3 is 2.72 bits per heavy atom. The zero-order chi connectivity index (χ0) is 18.4. The number of nitrogens with one attached hydrogen (secondary N) is 1. The van der Waals surface area contributed by atoms with Gasteiger partial charge in [0.1, 0.15) is 10.6 Å². The average molecular weight is 359 g/mol. The summed E-state index contributed by atoms with van der Waals surface area (Å²) in [6.07, 6.45) is 2.08. The second-order valence-corrected chi connectivity index (χ2v) is 8.77. The van der Waals surface area contributed by atoms with Crippen molar-refractivity contribution in [1.29, 1.82) is 0 Å². The largest absolute Gasteiger partial charge is 0.459 e. The van der Waals surface area contributed by atoms with Crippen molar-refractivity contribution >= 4 is 33.1 Å². The Bertz CT molecular complexity index is 845. The topological polar surface area (TPSA) is 51.2 Å². The molecule has 2 heterocycles. The number of ether oxygens (including phenoxy) is 1. The predicted molar refractivity (Wildman–Crippen MR) is 104 cm³/mol. The van der Waals surface area contributed by atoms with E-state index in [-0.39, 0.29) is 17.9 Å². The highest BCUT2D eigenvalue weighted by molar-refractivity contribution is 7.19. The van der Waals surface area contributed by atoms with Crippen molar-refractivity contribution in [1.82, 2.24) is 10.3 Å². The van der Waals surface area contributed by atoms with Gasteiger partial charge in [-0.3, -0.25) is 4.79 Å². The van der Waals surface area contributed by atoms with Gasteiger partial charge in [-0.1, -0.05) is 12.1 Å². The molecule has 0 radical (unpaired) electrons. The van der Waals surface area contributed by atoms with Gasteiger partial charge in [-0.05, 0) is 58.7 Å². The molecule has 2 unspecified atom stereocenters. The van der Waals surface area contributed by atoms with E-state index in [1.165, 1.54) is 11.1 Å². The number of aryl methyl sites for hydroxylation is 2. The van der Waals surface area contributed by atoms with E-state index in [1.54, 1.807) is 11.3 Å². The first-order chi connectivity index (χ1) is 11.7. The molecular weight excluding hydrogens is 332 g/mol. The Hall–Kier alpha value is -1.72. The summed E-state index contributed by atoms with van der Waals surface area (Å²) in [5, 5.41) is 4.28. The molecule has 2 aromatic rings. The zero-order valence-corrected chi connectivity index (χ0v) is 16.6. The minimum absolute atomic E-state index is 0.0182. The number of carbonyl (C=O) groups excluding carboxylic acids is 1. The molecule has 5 heteroatoms. The second kappa shape index (κ2) is 6.54. The van der Waals surface area contributed by atoms with E-state index >= 15 is 0 Å². The van der Waals surface area contributed by atoms with E-state index in [1.807, 2.05) is 27.7 Å². The van der Waals surface area contributed by atoms with Gasteiger partial charge in [-0.2, -0.15) is 0 Å². The lowest BCUT2D eigenvalue weighted by molar-refractivity contribution is -0.158. The zero-order valence-electron chi connectivity index (χ0n) is 15.8. The minimum atomic E-state index is -0.499. The van der Waals surface area contributed by atoms with Gasteiger partial charge in [0, 0.05) is 18.2 Å². The molecule has 1 aliphatic rings. The summed E-state index contributed by atoms with van der Waals surface area (Å²) in [4.78, 5) is 17.7. The normalized spacial score (nSPS) is 21.3. The van der Waals surface area contributed by atoms with Crippen LogP contribution < -0.4 is 5.32 Å². The Balaban J connectivity index is 2.03. The second-order valence-electron chi connectivity index (χ2n) is 7.74. The Morgan fingerprint density at radius 1 is 1.32 bits per heavy atom. The van der Waals surface area contributed by atoms with E-state index in [4.69, 9.17) is 9.72 Å². The monoisotopic (exact) mass is 358 g/mol. The maximum Gasteiger partial charge on any atom is 0.315 e. The number of nitrogens with zero attached hydrogens (tertiary/aromatic N) is 1. The van der Waals surface area contributed by atoms with Gasteiger partial charge in [0.2, 0.25) is 0 Å². The molecule has 4 nitrogen and oxygen atoms in total. The molecule has 0 bridgehead atoms. The summed E-state index contributed by atoms with van der Waals surface area (Å²) < 4.78 is 6.83. The van der Waals surface area contributed by atoms with Gasteiger partial charge < -0.3 is 10.1 Å². The van der Waals surface area contributed by atoms with Crippen molar-refractivity contribution < 1.29 is 9.53 Å². The summed E-state index contributed by atoms with van der Waals surface area (Å²) in [5.41, 5.74) is 3.96. The summed E-state index contributed by atoms with van der Waals surface area (Å²) in [5.74, 6) is -0.527. The van der Waals surface area contributed by atoms with Crippen molar-refractivity contribution in [2.75, 3.05) is 6.54 Å². The summed E-state index contributed by atoms with van der Waals surface area (Å²) in [6, 6.07) is 4.27. The Labute approximate surface area is 153 Å². The number of thiazole rings is 1. The van der Waals surface area contributed by atoms with Crippen molar-refractivity contribution in [3.8, 4) is 0 Å². The van der Waals surface area contributed by atoms with Crippen molar-refractivity contribution in [2.24, 2.45) is 5.92 Å². The van der Waals surface area contributed by atoms with Crippen LogP contribution in [0.5, 0.6) is 0 Å². The molecule has 1 aliphatic heterocycles. The van der Waals surface area contributed by atoms with Gasteiger partial charge in [0.15, 0.2) is 0 Å². The SMILES string of the molecule is Cc1ccc2sc(C3=CCNC(C)C3C(=O)OC(C)(C)C)nc2c1C. The third kappa shape index (κ3) is 3.62. The molecule has 0 spiro atoms. The molecule has 0 amide bonds. The first-order valence-electron chi connectivity index (χ1n) is 8.71. The molecule has 1 aromatic carbocycles. The fraction of sp³-hybridized carbons (Fsp3) is 0.500. The number of carbonyl (C=O) groups is 1. The lowest BCUT2D eigenvalue weighted by Gasteiger charge is -2.31. The molecule has 1 aromatic heterocycles. The van der Waals surface area contributed by atoms with Crippen LogP contribution in [-0.4, -0.2) is 29.1 Å². The molecule has 134 valence electrons. The van der Waals surface area contributed by atoms with E-state index < -0.39 is 5.60 Å². The fourth-order valence-electron chi connectivity index (χ4n) is 3.14. The highest BCUT2D eigenvalue weighted by atomic mass is 32.1. The standard InChI is InChI=1S/C20H26N2O2S/c1-11-7-8-15-17(12(11)2)22-18(25-15)14-9-10-21-13(3)16(14)19(23)24-20(4,5)6/h7-9,13,16,21H,10H2,1-6H3. The first-order valence-corrected chi connectivity index (χ1v) is 9.52. The quantitative estimate of drug-likeness (QED) is 0.816. The van der Waals surface area contributed by atoms with Gasteiger partial charge in [0.05, 0.1) is 16.1 Å². The van der Waals surface area contributed by atoms with Crippen molar-refractivity contribution in [2.45, 2.75) is 53.2 Å². The molecule has 0 fully saturated rings. The number of rotatable bonds is 2.